The smallest absolute Gasteiger partial charge is 0.254 e. The maximum absolute atomic E-state index is 12.6. The van der Waals surface area contributed by atoms with E-state index in [0.29, 0.717) is 18.9 Å². The van der Waals surface area contributed by atoms with E-state index >= 15 is 0 Å². The zero-order valence-corrected chi connectivity index (χ0v) is 16.8. The molecule has 152 valence electrons. The fourth-order valence-corrected chi connectivity index (χ4v) is 3.70. The maximum Gasteiger partial charge on any atom is 0.254 e. The molecule has 1 saturated heterocycles. The van der Waals surface area contributed by atoms with E-state index in [4.69, 9.17) is 4.74 Å². The molecule has 8 heteroatoms. The Morgan fingerprint density at radius 1 is 1.24 bits per heavy atom. The van der Waals surface area contributed by atoms with E-state index in [9.17, 15) is 4.79 Å². The van der Waals surface area contributed by atoms with Gasteiger partial charge in [-0.1, -0.05) is 29.8 Å². The predicted octanol–water partition coefficient (Wildman–Crippen LogP) is 2.11. The third-order valence-corrected chi connectivity index (χ3v) is 5.36. The van der Waals surface area contributed by atoms with Gasteiger partial charge in [0.25, 0.3) is 5.78 Å². The topological polar surface area (TPSA) is 84.7 Å². The molecule has 4 rings (SSSR count). The summed E-state index contributed by atoms with van der Waals surface area (Å²) >= 11 is 0. The highest BCUT2D eigenvalue weighted by atomic mass is 16.5. The zero-order valence-electron chi connectivity index (χ0n) is 16.8. The van der Waals surface area contributed by atoms with Gasteiger partial charge in [-0.15, -0.1) is 0 Å². The van der Waals surface area contributed by atoms with Crippen LogP contribution in [-0.4, -0.2) is 45.7 Å². The highest BCUT2D eigenvalue weighted by molar-refractivity contribution is 5.79. The average molecular weight is 394 g/mol. The van der Waals surface area contributed by atoms with Crippen molar-refractivity contribution in [3.05, 3.63) is 53.5 Å². The quantitative estimate of drug-likeness (QED) is 0.689. The van der Waals surface area contributed by atoms with Crippen LogP contribution in [0, 0.1) is 12.8 Å². The van der Waals surface area contributed by atoms with Crippen LogP contribution >= 0.6 is 0 Å². The first-order valence-electron chi connectivity index (χ1n) is 9.91. The van der Waals surface area contributed by atoms with Crippen LogP contribution in [0.15, 0.2) is 36.7 Å². The highest BCUT2D eigenvalue weighted by Gasteiger charge is 2.26. The monoisotopic (exact) mass is 394 g/mol. The zero-order chi connectivity index (χ0) is 20.2. The van der Waals surface area contributed by atoms with Crippen molar-refractivity contribution in [2.75, 3.05) is 25.1 Å². The first-order chi connectivity index (χ1) is 14.1. The van der Waals surface area contributed by atoms with Gasteiger partial charge in [0.1, 0.15) is 12.1 Å². The van der Waals surface area contributed by atoms with Crippen LogP contribution in [0.25, 0.3) is 5.78 Å². The highest BCUT2D eigenvalue weighted by Crippen LogP contribution is 2.24. The Morgan fingerprint density at radius 3 is 2.72 bits per heavy atom. The van der Waals surface area contributed by atoms with Gasteiger partial charge in [-0.05, 0) is 25.3 Å². The van der Waals surface area contributed by atoms with Crippen LogP contribution in [-0.2, 0) is 22.7 Å². The molecule has 1 fully saturated rings. The second-order valence-electron chi connectivity index (χ2n) is 7.48. The lowest BCUT2D eigenvalue weighted by Gasteiger charge is -2.33. The van der Waals surface area contributed by atoms with Gasteiger partial charge in [0.15, 0.2) is 0 Å². The number of benzene rings is 1. The number of carbonyl (C=O) groups is 1. The van der Waals surface area contributed by atoms with Gasteiger partial charge in [-0.3, -0.25) is 4.79 Å². The van der Waals surface area contributed by atoms with E-state index in [2.05, 4.69) is 56.5 Å². The number of hydrogen-bond acceptors (Lipinski definition) is 6. The molecule has 0 atom stereocenters. The Labute approximate surface area is 169 Å². The molecular formula is C21H26N6O2. The number of ether oxygens (including phenoxy) is 1. The molecule has 0 unspecified atom stereocenters. The number of amides is 1. The van der Waals surface area contributed by atoms with Crippen molar-refractivity contribution >= 4 is 17.5 Å². The number of fused-ring (bicyclic) bond motifs is 1. The summed E-state index contributed by atoms with van der Waals surface area (Å²) < 4.78 is 6.97. The predicted molar refractivity (Wildman–Crippen MR) is 109 cm³/mol. The van der Waals surface area contributed by atoms with Crippen molar-refractivity contribution in [1.29, 1.82) is 0 Å². The lowest BCUT2D eigenvalue weighted by atomic mass is 9.95. The van der Waals surface area contributed by atoms with Crippen LogP contribution in [0.4, 0.5) is 5.82 Å². The Morgan fingerprint density at radius 2 is 2.00 bits per heavy atom. The lowest BCUT2D eigenvalue weighted by Crippen LogP contribution is -2.41. The largest absolute Gasteiger partial charge is 0.378 e. The molecule has 1 N–H and O–H groups in total. The van der Waals surface area contributed by atoms with Gasteiger partial charge in [-0.2, -0.15) is 14.6 Å². The van der Waals surface area contributed by atoms with Gasteiger partial charge < -0.3 is 15.0 Å². The van der Waals surface area contributed by atoms with Crippen LogP contribution < -0.4 is 10.2 Å². The number of nitrogens with zero attached hydrogens (tertiary/aromatic N) is 5. The van der Waals surface area contributed by atoms with Crippen molar-refractivity contribution in [1.82, 2.24) is 24.9 Å². The van der Waals surface area contributed by atoms with Crippen molar-refractivity contribution in [3.63, 3.8) is 0 Å². The van der Waals surface area contributed by atoms with E-state index in [1.807, 2.05) is 6.07 Å². The first-order valence-corrected chi connectivity index (χ1v) is 9.91. The fourth-order valence-electron chi connectivity index (χ4n) is 3.70. The molecule has 2 aromatic heterocycles. The number of carbonyl (C=O) groups excluding carboxylic acids is 1. The van der Waals surface area contributed by atoms with Crippen molar-refractivity contribution in [2.24, 2.45) is 5.92 Å². The SMILES string of the molecule is COCc1cc(N2CCC(C(=O)NCc3ccc(C)cc3)CC2)n2ncnc2n1. The van der Waals surface area contributed by atoms with Gasteiger partial charge in [-0.25, -0.2) is 4.98 Å². The van der Waals surface area contributed by atoms with Crippen LogP contribution in [0.3, 0.4) is 0 Å². The number of nitrogens with one attached hydrogen (secondary N) is 1. The summed E-state index contributed by atoms with van der Waals surface area (Å²) in [6.07, 6.45) is 3.11. The molecule has 1 aliphatic rings. The minimum Gasteiger partial charge on any atom is -0.378 e. The number of methoxy groups -OCH3 is 1. The third-order valence-electron chi connectivity index (χ3n) is 5.36. The van der Waals surface area contributed by atoms with Crippen molar-refractivity contribution in [3.8, 4) is 0 Å². The summed E-state index contributed by atoms with van der Waals surface area (Å²) in [6.45, 7) is 4.63. The summed E-state index contributed by atoms with van der Waals surface area (Å²) in [5.74, 6) is 1.67. The van der Waals surface area contributed by atoms with E-state index in [1.54, 1.807) is 11.6 Å². The first kappa shape index (κ1) is 19.3. The molecule has 8 nitrogen and oxygen atoms in total. The fraction of sp³-hybridized carbons (Fsp3) is 0.429. The molecule has 0 aliphatic carbocycles. The summed E-state index contributed by atoms with van der Waals surface area (Å²) in [5, 5.41) is 7.38. The average Bonchev–Trinajstić information content (AvgIpc) is 3.21. The molecule has 3 heterocycles. The standard InChI is InChI=1S/C21H26N6O2/c1-15-3-5-16(6-4-15)12-22-20(28)17-7-9-26(10-8-17)19-11-18(13-29-2)25-21-23-14-24-27(19)21/h3-6,11,14,17H,7-10,12-13H2,1-2H3,(H,22,28). The van der Waals surface area contributed by atoms with Crippen LogP contribution in [0.5, 0.6) is 0 Å². The molecule has 1 aliphatic heterocycles. The van der Waals surface area contributed by atoms with Crippen molar-refractivity contribution < 1.29 is 9.53 Å². The number of hydrogen-bond donors (Lipinski definition) is 1. The molecule has 0 bridgehead atoms. The summed E-state index contributed by atoms with van der Waals surface area (Å²) in [4.78, 5) is 23.5. The van der Waals surface area contributed by atoms with Gasteiger partial charge in [0.05, 0.1) is 12.3 Å². The van der Waals surface area contributed by atoms with Gasteiger partial charge >= 0.3 is 0 Å². The Bertz CT molecular complexity index is 977. The van der Waals surface area contributed by atoms with Crippen molar-refractivity contribution in [2.45, 2.75) is 32.9 Å². The summed E-state index contributed by atoms with van der Waals surface area (Å²) in [6, 6.07) is 10.2. The van der Waals surface area contributed by atoms with Gasteiger partial charge in [0.2, 0.25) is 5.91 Å². The Balaban J connectivity index is 1.38. The number of piperidine rings is 1. The normalized spacial score (nSPS) is 15.0. The van der Waals surface area contributed by atoms with E-state index in [-0.39, 0.29) is 11.8 Å². The number of anilines is 1. The lowest BCUT2D eigenvalue weighted by molar-refractivity contribution is -0.125. The summed E-state index contributed by atoms with van der Waals surface area (Å²) in [5.41, 5.74) is 3.16. The van der Waals surface area contributed by atoms with Gasteiger partial charge in [0, 0.05) is 38.7 Å². The van der Waals surface area contributed by atoms with E-state index in [1.165, 1.54) is 11.9 Å². The number of aryl methyl sites for hydroxylation is 1. The molecule has 1 aromatic carbocycles. The molecule has 1 amide bonds. The molecule has 0 spiro atoms. The third kappa shape index (κ3) is 4.37. The maximum atomic E-state index is 12.6. The second kappa shape index (κ2) is 8.57. The summed E-state index contributed by atoms with van der Waals surface area (Å²) in [7, 11) is 1.65. The Hall–Kier alpha value is -3.00. The Kier molecular flexibility index (Phi) is 5.71. The number of rotatable bonds is 6. The van der Waals surface area contributed by atoms with E-state index < -0.39 is 0 Å². The van der Waals surface area contributed by atoms with E-state index in [0.717, 1.165) is 43.0 Å². The molecule has 29 heavy (non-hydrogen) atoms. The minimum absolute atomic E-state index is 0.0308. The minimum atomic E-state index is 0.0308. The molecule has 3 aromatic rings. The molecule has 0 radical (unpaired) electrons. The number of aromatic nitrogens is 4. The molecular weight excluding hydrogens is 368 g/mol. The van der Waals surface area contributed by atoms with Crippen LogP contribution in [0.1, 0.15) is 29.7 Å². The molecule has 0 saturated carbocycles. The second-order valence-corrected chi connectivity index (χ2v) is 7.48. The van der Waals surface area contributed by atoms with Crippen LogP contribution in [0.2, 0.25) is 0 Å².